The number of amides is 1. The molecule has 0 bridgehead atoms. The number of aliphatic carboxylic acids is 1. The van der Waals surface area contributed by atoms with Gasteiger partial charge >= 0.3 is 12.1 Å². The molecule has 8 heteroatoms. The first-order chi connectivity index (χ1) is 10.2. The van der Waals surface area contributed by atoms with Crippen LogP contribution >= 0.6 is 11.8 Å². The van der Waals surface area contributed by atoms with Crippen molar-refractivity contribution in [3.8, 4) is 0 Å². The van der Waals surface area contributed by atoms with Gasteiger partial charge < -0.3 is 19.9 Å². The van der Waals surface area contributed by atoms with Crippen LogP contribution in [-0.2, 0) is 14.3 Å². The summed E-state index contributed by atoms with van der Waals surface area (Å²) >= 11 is 1.60. The number of carbonyl (C=O) groups is 2. The first-order valence-electron chi connectivity index (χ1n) is 7.21. The van der Waals surface area contributed by atoms with Gasteiger partial charge in [-0.2, -0.15) is 11.8 Å². The third-order valence-electron chi connectivity index (χ3n) is 3.12. The van der Waals surface area contributed by atoms with Crippen LogP contribution in [0.3, 0.4) is 0 Å². The largest absolute Gasteiger partial charge is 0.480 e. The molecular weight excluding hydrogens is 308 g/mol. The lowest BCUT2D eigenvalue weighted by Gasteiger charge is -2.44. The third-order valence-corrected chi connectivity index (χ3v) is 3.76. The molecule has 1 aliphatic heterocycles. The number of rotatable bonds is 8. The minimum atomic E-state index is -0.891. The molecule has 128 valence electrons. The molecule has 22 heavy (non-hydrogen) atoms. The summed E-state index contributed by atoms with van der Waals surface area (Å²) in [5.74, 6) is -0.141. The van der Waals surface area contributed by atoms with Gasteiger partial charge in [-0.1, -0.05) is 0 Å². The van der Waals surface area contributed by atoms with E-state index in [1.165, 1.54) is 0 Å². The lowest BCUT2D eigenvalue weighted by Crippen LogP contribution is -2.69. The summed E-state index contributed by atoms with van der Waals surface area (Å²) < 4.78 is 10.4. The van der Waals surface area contributed by atoms with Crippen molar-refractivity contribution < 1.29 is 24.2 Å². The topological polar surface area (TPSA) is 96.9 Å². The van der Waals surface area contributed by atoms with E-state index in [2.05, 4.69) is 10.6 Å². The summed E-state index contributed by atoms with van der Waals surface area (Å²) in [5.41, 5.74) is -1.11. The van der Waals surface area contributed by atoms with Gasteiger partial charge in [-0.25, -0.2) is 4.79 Å². The maximum atomic E-state index is 11.7. The molecule has 0 aromatic heterocycles. The van der Waals surface area contributed by atoms with Crippen LogP contribution in [0.1, 0.15) is 27.2 Å². The quantitative estimate of drug-likeness (QED) is 0.611. The molecule has 0 saturated carbocycles. The van der Waals surface area contributed by atoms with Gasteiger partial charge in [0, 0.05) is 6.54 Å². The Balaban J connectivity index is 2.53. The average Bonchev–Trinajstić information content (AvgIpc) is 2.33. The van der Waals surface area contributed by atoms with Crippen molar-refractivity contribution in [1.82, 2.24) is 10.6 Å². The number of ether oxygens (including phenoxy) is 2. The van der Waals surface area contributed by atoms with Crippen molar-refractivity contribution in [2.75, 3.05) is 31.8 Å². The SMILES string of the molecule is CSCCC(NC1(CNC(=O)OC(C)(C)C)COC1)C(=O)O. The normalized spacial score (nSPS) is 18.2. The number of carboxylic acids is 1. The number of nitrogens with one attached hydrogen (secondary N) is 2. The van der Waals surface area contributed by atoms with E-state index in [-0.39, 0.29) is 6.54 Å². The molecular formula is C14H26N2O5S. The summed E-state index contributed by atoms with van der Waals surface area (Å²) in [7, 11) is 0. The van der Waals surface area contributed by atoms with E-state index in [1.54, 1.807) is 32.5 Å². The summed E-state index contributed by atoms with van der Waals surface area (Å²) in [5, 5.41) is 15.1. The molecule has 1 aliphatic rings. The van der Waals surface area contributed by atoms with Crippen LogP contribution in [0.25, 0.3) is 0 Å². The van der Waals surface area contributed by atoms with E-state index in [9.17, 15) is 14.7 Å². The molecule has 7 nitrogen and oxygen atoms in total. The Bertz CT molecular complexity index is 393. The highest BCUT2D eigenvalue weighted by atomic mass is 32.2. The lowest BCUT2D eigenvalue weighted by molar-refractivity contribution is -0.143. The van der Waals surface area contributed by atoms with E-state index in [4.69, 9.17) is 9.47 Å². The summed E-state index contributed by atoms with van der Waals surface area (Å²) in [4.78, 5) is 23.0. The van der Waals surface area contributed by atoms with Crippen LogP contribution in [0.4, 0.5) is 4.79 Å². The van der Waals surface area contributed by atoms with Gasteiger partial charge in [-0.15, -0.1) is 0 Å². The maximum Gasteiger partial charge on any atom is 0.407 e. The fraction of sp³-hybridized carbons (Fsp3) is 0.857. The second-order valence-electron chi connectivity index (χ2n) is 6.45. The highest BCUT2D eigenvalue weighted by Crippen LogP contribution is 2.19. The van der Waals surface area contributed by atoms with Crippen LogP contribution in [0.2, 0.25) is 0 Å². The molecule has 1 unspecified atom stereocenters. The molecule has 1 fully saturated rings. The first-order valence-corrected chi connectivity index (χ1v) is 8.61. The van der Waals surface area contributed by atoms with Crippen LogP contribution in [0.15, 0.2) is 0 Å². The smallest absolute Gasteiger partial charge is 0.407 e. The van der Waals surface area contributed by atoms with E-state index in [0.29, 0.717) is 19.6 Å². The van der Waals surface area contributed by atoms with Gasteiger partial charge in [-0.3, -0.25) is 10.1 Å². The molecule has 1 amide bonds. The van der Waals surface area contributed by atoms with Crippen LogP contribution in [0.5, 0.6) is 0 Å². The van der Waals surface area contributed by atoms with Crippen molar-refractivity contribution in [3.63, 3.8) is 0 Å². The van der Waals surface area contributed by atoms with Gasteiger partial charge in [0.1, 0.15) is 11.6 Å². The fourth-order valence-corrected chi connectivity index (χ4v) is 2.47. The third kappa shape index (κ3) is 6.41. The minimum absolute atomic E-state index is 0.269. The molecule has 0 aromatic carbocycles. The zero-order chi connectivity index (χ0) is 16.8. The highest BCUT2D eigenvalue weighted by Gasteiger charge is 2.42. The predicted octanol–water partition coefficient (Wildman–Crippen LogP) is 1.08. The van der Waals surface area contributed by atoms with Crippen LogP contribution < -0.4 is 10.6 Å². The second kappa shape index (κ2) is 8.03. The van der Waals surface area contributed by atoms with Gasteiger partial charge in [-0.05, 0) is 39.2 Å². The summed E-state index contributed by atoms with van der Waals surface area (Å²) in [6, 6.07) is -0.656. The Morgan fingerprint density at radius 3 is 2.45 bits per heavy atom. The molecule has 3 N–H and O–H groups in total. The Hall–Kier alpha value is -0.990. The van der Waals surface area contributed by atoms with E-state index >= 15 is 0 Å². The van der Waals surface area contributed by atoms with Crippen LogP contribution in [-0.4, -0.2) is 66.1 Å². The molecule has 1 heterocycles. The van der Waals surface area contributed by atoms with Gasteiger partial charge in [0.05, 0.1) is 18.8 Å². The molecule has 0 aliphatic carbocycles. The van der Waals surface area contributed by atoms with Crippen molar-refractivity contribution in [3.05, 3.63) is 0 Å². The maximum absolute atomic E-state index is 11.7. The van der Waals surface area contributed by atoms with Gasteiger partial charge in [0.15, 0.2) is 0 Å². The van der Waals surface area contributed by atoms with Gasteiger partial charge in [0.25, 0.3) is 0 Å². The summed E-state index contributed by atoms with van der Waals surface area (Å²) in [6.45, 7) is 6.37. The number of alkyl carbamates (subject to hydrolysis) is 1. The number of thioether (sulfide) groups is 1. The van der Waals surface area contributed by atoms with Crippen molar-refractivity contribution >= 4 is 23.8 Å². The Kier molecular flexibility index (Phi) is 6.96. The standard InChI is InChI=1S/C14H26N2O5S/c1-13(2,3)21-12(19)15-7-14(8-20-9-14)16-10(11(17)18)5-6-22-4/h10,16H,5-9H2,1-4H3,(H,15,19)(H,17,18). The monoisotopic (exact) mass is 334 g/mol. The first kappa shape index (κ1) is 19.1. The predicted molar refractivity (Wildman–Crippen MR) is 85.3 cm³/mol. The van der Waals surface area contributed by atoms with Gasteiger partial charge in [0.2, 0.25) is 0 Å². The molecule has 1 saturated heterocycles. The Morgan fingerprint density at radius 2 is 2.05 bits per heavy atom. The molecule has 1 atom stereocenters. The zero-order valence-corrected chi connectivity index (χ0v) is 14.4. The molecule has 0 spiro atoms. The lowest BCUT2D eigenvalue weighted by atomic mass is 9.95. The van der Waals surface area contributed by atoms with Crippen molar-refractivity contribution in [2.45, 2.75) is 44.4 Å². The van der Waals surface area contributed by atoms with E-state index in [1.807, 2.05) is 6.26 Å². The number of carbonyl (C=O) groups excluding carboxylic acids is 1. The van der Waals surface area contributed by atoms with Crippen molar-refractivity contribution in [1.29, 1.82) is 0 Å². The molecule has 0 radical (unpaired) electrons. The Morgan fingerprint density at radius 1 is 1.41 bits per heavy atom. The average molecular weight is 334 g/mol. The molecule has 1 rings (SSSR count). The van der Waals surface area contributed by atoms with Crippen LogP contribution in [0, 0.1) is 0 Å². The minimum Gasteiger partial charge on any atom is -0.480 e. The van der Waals surface area contributed by atoms with E-state index < -0.39 is 29.2 Å². The number of hydrogen-bond donors (Lipinski definition) is 3. The Labute approximate surface area is 135 Å². The van der Waals surface area contributed by atoms with E-state index in [0.717, 1.165) is 5.75 Å². The summed E-state index contributed by atoms with van der Waals surface area (Å²) in [6.07, 6.45) is 1.94. The van der Waals surface area contributed by atoms with Crippen molar-refractivity contribution in [2.24, 2.45) is 0 Å². The molecule has 0 aromatic rings. The highest BCUT2D eigenvalue weighted by molar-refractivity contribution is 7.98. The zero-order valence-electron chi connectivity index (χ0n) is 13.6. The fourth-order valence-electron chi connectivity index (χ4n) is 2.00. The number of hydrogen-bond acceptors (Lipinski definition) is 6. The second-order valence-corrected chi connectivity index (χ2v) is 7.43. The number of carboxylic acid groups (broad SMARTS) is 1.